The van der Waals surface area contributed by atoms with Crippen LogP contribution in [0, 0.1) is 5.41 Å². The summed E-state index contributed by atoms with van der Waals surface area (Å²) in [4.78, 5) is 24.2. The van der Waals surface area contributed by atoms with Crippen molar-refractivity contribution in [1.29, 1.82) is 0 Å². The van der Waals surface area contributed by atoms with Crippen LogP contribution in [-0.4, -0.2) is 52.9 Å². The molecule has 0 spiro atoms. The molecular weight excluding hydrogens is 260 g/mol. The molecule has 0 aromatic rings. The number of carboxylic acid groups (broad SMARTS) is 1. The summed E-state index contributed by atoms with van der Waals surface area (Å²) in [6.07, 6.45) is 3.51. The SMILES string of the molecule is CC(C)(CCNC(=O)N(CCO)C1CC1)CCC(=O)O. The number of aliphatic hydroxyl groups is 1. The molecule has 0 atom stereocenters. The number of carbonyl (C=O) groups excluding carboxylic acids is 1. The smallest absolute Gasteiger partial charge is 0.317 e. The number of rotatable bonds is 9. The number of amides is 2. The summed E-state index contributed by atoms with van der Waals surface area (Å²) in [5.74, 6) is -0.787. The average Bonchev–Trinajstić information content (AvgIpc) is 3.17. The maximum absolute atomic E-state index is 12.0. The van der Waals surface area contributed by atoms with E-state index < -0.39 is 5.97 Å². The van der Waals surface area contributed by atoms with Gasteiger partial charge in [-0.3, -0.25) is 4.79 Å². The summed E-state index contributed by atoms with van der Waals surface area (Å²) in [5, 5.41) is 20.5. The molecule has 1 rings (SSSR count). The molecule has 3 N–H and O–H groups in total. The van der Waals surface area contributed by atoms with E-state index in [-0.39, 0.29) is 30.5 Å². The van der Waals surface area contributed by atoms with Gasteiger partial charge < -0.3 is 20.4 Å². The summed E-state index contributed by atoms with van der Waals surface area (Å²) < 4.78 is 0. The molecule has 0 aliphatic heterocycles. The molecule has 0 heterocycles. The quantitative estimate of drug-likeness (QED) is 0.598. The number of aliphatic hydroxyl groups excluding tert-OH is 1. The van der Waals surface area contributed by atoms with Crippen molar-refractivity contribution in [2.24, 2.45) is 5.41 Å². The molecule has 2 amide bonds. The zero-order chi connectivity index (χ0) is 15.2. The van der Waals surface area contributed by atoms with E-state index in [0.29, 0.717) is 19.5 Å². The molecule has 0 unspecified atom stereocenters. The second-order valence-electron chi connectivity index (χ2n) is 6.19. The predicted octanol–water partition coefficient (Wildman–Crippen LogP) is 1.43. The number of hydrogen-bond acceptors (Lipinski definition) is 3. The lowest BCUT2D eigenvalue weighted by Gasteiger charge is -2.26. The van der Waals surface area contributed by atoms with Crippen LogP contribution in [0.15, 0.2) is 0 Å². The molecular formula is C14H26N2O4. The highest BCUT2D eigenvalue weighted by atomic mass is 16.4. The standard InChI is InChI=1S/C14H26N2O4/c1-14(2,6-5-12(18)19)7-8-15-13(20)16(9-10-17)11-3-4-11/h11,17H,3-10H2,1-2H3,(H,15,20)(H,18,19). The van der Waals surface area contributed by atoms with Gasteiger partial charge in [0.15, 0.2) is 0 Å². The summed E-state index contributed by atoms with van der Waals surface area (Å²) in [7, 11) is 0. The second-order valence-corrected chi connectivity index (χ2v) is 6.19. The molecule has 0 aromatic carbocycles. The first-order chi connectivity index (χ1) is 9.35. The van der Waals surface area contributed by atoms with Crippen LogP contribution in [0.25, 0.3) is 0 Å². The highest BCUT2D eigenvalue weighted by molar-refractivity contribution is 5.74. The minimum absolute atomic E-state index is 0.0198. The molecule has 0 bridgehead atoms. The van der Waals surface area contributed by atoms with Crippen LogP contribution in [0.1, 0.15) is 46.0 Å². The van der Waals surface area contributed by atoms with Crippen LogP contribution in [0.3, 0.4) is 0 Å². The van der Waals surface area contributed by atoms with Crippen molar-refractivity contribution < 1.29 is 19.8 Å². The second kappa shape index (κ2) is 7.47. The van der Waals surface area contributed by atoms with Crippen LogP contribution >= 0.6 is 0 Å². The highest BCUT2D eigenvalue weighted by Crippen LogP contribution is 2.27. The number of nitrogens with zero attached hydrogens (tertiary/aromatic N) is 1. The number of hydrogen-bond donors (Lipinski definition) is 3. The molecule has 6 nitrogen and oxygen atoms in total. The van der Waals surface area contributed by atoms with E-state index in [2.05, 4.69) is 5.32 Å². The minimum Gasteiger partial charge on any atom is -0.481 e. The molecule has 0 radical (unpaired) electrons. The van der Waals surface area contributed by atoms with E-state index in [1.807, 2.05) is 13.8 Å². The number of nitrogens with one attached hydrogen (secondary N) is 1. The molecule has 6 heteroatoms. The van der Waals surface area contributed by atoms with Gasteiger partial charge in [-0.1, -0.05) is 13.8 Å². The van der Waals surface area contributed by atoms with Crippen LogP contribution in [0.4, 0.5) is 4.79 Å². The van der Waals surface area contributed by atoms with E-state index in [9.17, 15) is 9.59 Å². The van der Waals surface area contributed by atoms with Gasteiger partial charge in [-0.05, 0) is 31.1 Å². The Morgan fingerprint density at radius 3 is 2.45 bits per heavy atom. The predicted molar refractivity (Wildman–Crippen MR) is 75.5 cm³/mol. The Kier molecular flexibility index (Phi) is 6.26. The fraction of sp³-hybridized carbons (Fsp3) is 0.857. The Morgan fingerprint density at radius 1 is 1.30 bits per heavy atom. The maximum Gasteiger partial charge on any atom is 0.317 e. The van der Waals surface area contributed by atoms with Crippen LogP contribution in [-0.2, 0) is 4.79 Å². The summed E-state index contributed by atoms with van der Waals surface area (Å²) in [6.45, 7) is 4.90. The largest absolute Gasteiger partial charge is 0.481 e. The lowest BCUT2D eigenvalue weighted by Crippen LogP contribution is -2.43. The third-order valence-electron chi connectivity index (χ3n) is 3.68. The van der Waals surface area contributed by atoms with Gasteiger partial charge in [-0.2, -0.15) is 0 Å². The van der Waals surface area contributed by atoms with Crippen molar-refractivity contribution in [2.75, 3.05) is 19.7 Å². The Bertz CT molecular complexity index is 340. The maximum atomic E-state index is 12.0. The van der Waals surface area contributed by atoms with Crippen molar-refractivity contribution in [2.45, 2.75) is 52.0 Å². The highest BCUT2D eigenvalue weighted by Gasteiger charge is 2.32. The molecule has 20 heavy (non-hydrogen) atoms. The van der Waals surface area contributed by atoms with Crippen LogP contribution in [0.2, 0.25) is 0 Å². The summed E-state index contributed by atoms with van der Waals surface area (Å²) in [6, 6.07) is 0.151. The molecule has 0 saturated heterocycles. The van der Waals surface area contributed by atoms with Crippen LogP contribution in [0.5, 0.6) is 0 Å². The Hall–Kier alpha value is -1.30. The first-order valence-electron chi connectivity index (χ1n) is 7.23. The van der Waals surface area contributed by atoms with Gasteiger partial charge in [-0.15, -0.1) is 0 Å². The molecule has 116 valence electrons. The first-order valence-corrected chi connectivity index (χ1v) is 7.23. The monoisotopic (exact) mass is 286 g/mol. The fourth-order valence-electron chi connectivity index (χ4n) is 2.12. The van der Waals surface area contributed by atoms with Crippen molar-refractivity contribution in [3.8, 4) is 0 Å². The zero-order valence-corrected chi connectivity index (χ0v) is 12.4. The lowest BCUT2D eigenvalue weighted by molar-refractivity contribution is -0.137. The third kappa shape index (κ3) is 6.23. The number of aliphatic carboxylic acids is 1. The normalized spacial score (nSPS) is 14.9. The fourth-order valence-corrected chi connectivity index (χ4v) is 2.12. The summed E-state index contributed by atoms with van der Waals surface area (Å²) >= 11 is 0. The van der Waals surface area contributed by atoms with E-state index in [0.717, 1.165) is 19.3 Å². The van der Waals surface area contributed by atoms with Gasteiger partial charge in [0.1, 0.15) is 0 Å². The Labute approximate surface area is 120 Å². The topological polar surface area (TPSA) is 89.9 Å². The van der Waals surface area contributed by atoms with E-state index in [1.54, 1.807) is 4.90 Å². The van der Waals surface area contributed by atoms with Gasteiger partial charge in [-0.25, -0.2) is 4.79 Å². The summed E-state index contributed by atoms with van der Waals surface area (Å²) in [5.41, 5.74) is -0.104. The van der Waals surface area contributed by atoms with Gasteiger partial charge >= 0.3 is 12.0 Å². The average molecular weight is 286 g/mol. The Morgan fingerprint density at radius 2 is 1.95 bits per heavy atom. The van der Waals surface area contributed by atoms with Crippen molar-refractivity contribution >= 4 is 12.0 Å². The Balaban J connectivity index is 2.27. The third-order valence-corrected chi connectivity index (χ3v) is 3.68. The lowest BCUT2D eigenvalue weighted by atomic mass is 9.84. The first kappa shape index (κ1) is 16.8. The van der Waals surface area contributed by atoms with Crippen LogP contribution < -0.4 is 5.32 Å². The number of carboxylic acids is 1. The minimum atomic E-state index is -0.787. The van der Waals surface area contributed by atoms with Gasteiger partial charge in [0, 0.05) is 25.6 Å². The molecule has 0 aromatic heterocycles. The molecule has 1 aliphatic rings. The molecule has 1 saturated carbocycles. The van der Waals surface area contributed by atoms with E-state index in [4.69, 9.17) is 10.2 Å². The van der Waals surface area contributed by atoms with Gasteiger partial charge in [0.25, 0.3) is 0 Å². The number of urea groups is 1. The van der Waals surface area contributed by atoms with Crippen molar-refractivity contribution in [3.05, 3.63) is 0 Å². The van der Waals surface area contributed by atoms with Crippen molar-refractivity contribution in [1.82, 2.24) is 10.2 Å². The van der Waals surface area contributed by atoms with Gasteiger partial charge in [0.05, 0.1) is 6.61 Å². The van der Waals surface area contributed by atoms with Gasteiger partial charge in [0.2, 0.25) is 0 Å². The molecule has 1 aliphatic carbocycles. The number of carbonyl (C=O) groups is 2. The zero-order valence-electron chi connectivity index (χ0n) is 12.4. The molecule has 1 fully saturated rings. The van der Waals surface area contributed by atoms with E-state index in [1.165, 1.54) is 0 Å². The van der Waals surface area contributed by atoms with Crippen molar-refractivity contribution in [3.63, 3.8) is 0 Å². The van der Waals surface area contributed by atoms with E-state index >= 15 is 0 Å².